The molecule has 0 bridgehead atoms. The Morgan fingerprint density at radius 1 is 0.917 bits per heavy atom. The average molecular weight is 486 g/mol. The highest BCUT2D eigenvalue weighted by Gasteiger charge is 2.19. The van der Waals surface area contributed by atoms with E-state index in [4.69, 9.17) is 9.47 Å². The molecule has 0 saturated heterocycles. The summed E-state index contributed by atoms with van der Waals surface area (Å²) in [5.74, 6) is -0.0601. The van der Waals surface area contributed by atoms with E-state index in [0.717, 1.165) is 27.9 Å². The lowest BCUT2D eigenvalue weighted by molar-refractivity contribution is 0.270. The highest BCUT2D eigenvalue weighted by molar-refractivity contribution is 5.77. The molecule has 2 aromatic heterocycles. The number of aromatic nitrogens is 3. The maximum atomic E-state index is 15.3. The lowest BCUT2D eigenvalue weighted by atomic mass is 10.1. The maximum Gasteiger partial charge on any atom is 0.328 e. The Balaban J connectivity index is 1.48. The van der Waals surface area contributed by atoms with Gasteiger partial charge in [-0.3, -0.25) is 9.13 Å². The number of hydrogen-bond acceptors (Lipinski definition) is 3. The Labute approximate surface area is 208 Å². The van der Waals surface area contributed by atoms with Crippen molar-refractivity contribution in [1.82, 2.24) is 13.7 Å². The van der Waals surface area contributed by atoms with Gasteiger partial charge < -0.3 is 14.0 Å². The second-order valence-electron chi connectivity index (χ2n) is 8.89. The number of ether oxygens (including phenoxy) is 2. The predicted octanol–water partition coefficient (Wildman–Crippen LogP) is 5.68. The van der Waals surface area contributed by atoms with Crippen molar-refractivity contribution in [2.75, 3.05) is 7.11 Å². The highest BCUT2D eigenvalue weighted by Crippen LogP contribution is 2.37. The second kappa shape index (κ2) is 9.41. The smallest absolute Gasteiger partial charge is 0.328 e. The van der Waals surface area contributed by atoms with Crippen molar-refractivity contribution >= 4 is 11.0 Å². The quantitative estimate of drug-likeness (QED) is 0.298. The van der Waals surface area contributed by atoms with Gasteiger partial charge in [-0.05, 0) is 54.4 Å². The Kier molecular flexibility index (Phi) is 6.14. The molecule has 5 aromatic rings. The van der Waals surface area contributed by atoms with E-state index in [0.29, 0.717) is 11.3 Å². The molecular weight excluding hydrogens is 457 g/mol. The zero-order valence-corrected chi connectivity index (χ0v) is 20.7. The molecular formula is C29H28FN3O3. The van der Waals surface area contributed by atoms with Gasteiger partial charge >= 0.3 is 5.69 Å². The molecule has 0 aliphatic heterocycles. The second-order valence-corrected chi connectivity index (χ2v) is 8.89. The van der Waals surface area contributed by atoms with Crippen LogP contribution in [0.25, 0.3) is 22.3 Å². The van der Waals surface area contributed by atoms with Crippen LogP contribution in [0.4, 0.5) is 4.39 Å². The van der Waals surface area contributed by atoms with Crippen LogP contribution in [0.2, 0.25) is 0 Å². The van der Waals surface area contributed by atoms with Crippen LogP contribution in [0.1, 0.15) is 24.1 Å². The van der Waals surface area contributed by atoms with Gasteiger partial charge in [-0.1, -0.05) is 36.4 Å². The molecule has 0 N–H and O–H groups in total. The molecule has 0 amide bonds. The number of hydrogen-bond donors (Lipinski definition) is 0. The van der Waals surface area contributed by atoms with Crippen molar-refractivity contribution in [3.8, 4) is 22.8 Å². The molecule has 1 atom stereocenters. The van der Waals surface area contributed by atoms with Crippen molar-refractivity contribution in [2.45, 2.75) is 19.6 Å². The van der Waals surface area contributed by atoms with Crippen LogP contribution in [0, 0.1) is 5.82 Å². The highest BCUT2D eigenvalue weighted by atomic mass is 19.1. The summed E-state index contributed by atoms with van der Waals surface area (Å²) < 4.78 is 31.9. The summed E-state index contributed by atoms with van der Waals surface area (Å²) in [6.45, 7) is 2.32. The van der Waals surface area contributed by atoms with Gasteiger partial charge in [-0.15, -0.1) is 0 Å². The van der Waals surface area contributed by atoms with E-state index in [9.17, 15) is 4.79 Å². The fourth-order valence-corrected chi connectivity index (χ4v) is 4.66. The zero-order valence-electron chi connectivity index (χ0n) is 20.7. The molecule has 36 heavy (non-hydrogen) atoms. The number of methoxy groups -OCH3 is 1. The summed E-state index contributed by atoms with van der Waals surface area (Å²) in [5, 5.41) is 0. The van der Waals surface area contributed by atoms with E-state index in [1.807, 2.05) is 66.9 Å². The molecule has 0 fully saturated rings. The average Bonchev–Trinajstić information content (AvgIpc) is 3.47. The van der Waals surface area contributed by atoms with Crippen molar-refractivity contribution < 1.29 is 13.9 Å². The molecule has 0 spiro atoms. The molecule has 1 unspecified atom stereocenters. The van der Waals surface area contributed by atoms with E-state index >= 15 is 4.39 Å². The summed E-state index contributed by atoms with van der Waals surface area (Å²) >= 11 is 0. The molecule has 0 aliphatic rings. The third-order valence-corrected chi connectivity index (χ3v) is 6.73. The number of nitrogens with zero attached hydrogens (tertiary/aromatic N) is 3. The number of benzene rings is 3. The first-order valence-electron chi connectivity index (χ1n) is 11.8. The first-order chi connectivity index (χ1) is 17.4. The zero-order chi connectivity index (χ0) is 25.4. The molecule has 7 heteroatoms. The van der Waals surface area contributed by atoms with Crippen LogP contribution in [0.15, 0.2) is 83.8 Å². The van der Waals surface area contributed by atoms with Crippen LogP contribution in [-0.4, -0.2) is 20.8 Å². The minimum Gasteiger partial charge on any atom is -0.493 e. The molecule has 2 heterocycles. The largest absolute Gasteiger partial charge is 0.493 e. The maximum absolute atomic E-state index is 15.3. The van der Waals surface area contributed by atoms with Crippen molar-refractivity contribution in [1.29, 1.82) is 0 Å². The van der Waals surface area contributed by atoms with Gasteiger partial charge in [0.05, 0.1) is 24.2 Å². The number of fused-ring (bicyclic) bond motifs is 1. The fourth-order valence-electron chi connectivity index (χ4n) is 4.66. The van der Waals surface area contributed by atoms with E-state index < -0.39 is 5.82 Å². The van der Waals surface area contributed by atoms with E-state index in [-0.39, 0.29) is 24.1 Å². The SMILES string of the molecule is COc1cc(-c2cccn2C(C)c2ccc3c(c2)n(C)c(=O)n3C)cc(F)c1OCc1ccccc1. The number of aryl methyl sites for hydroxylation is 2. The summed E-state index contributed by atoms with van der Waals surface area (Å²) in [6.07, 6.45) is 1.97. The van der Waals surface area contributed by atoms with Gasteiger partial charge in [-0.25, -0.2) is 9.18 Å². The Hall–Kier alpha value is -4.26. The third kappa shape index (κ3) is 4.06. The molecule has 0 aliphatic carbocycles. The molecule has 184 valence electrons. The first kappa shape index (κ1) is 23.5. The Morgan fingerprint density at radius 2 is 1.67 bits per heavy atom. The topological polar surface area (TPSA) is 50.3 Å². The molecule has 3 aromatic carbocycles. The fraction of sp³-hybridized carbons (Fsp3) is 0.207. The summed E-state index contributed by atoms with van der Waals surface area (Å²) in [7, 11) is 5.05. The molecule has 5 rings (SSSR count). The van der Waals surface area contributed by atoms with Crippen molar-refractivity contribution in [3.05, 3.63) is 106 Å². The van der Waals surface area contributed by atoms with Gasteiger partial charge in [0.15, 0.2) is 17.3 Å². The van der Waals surface area contributed by atoms with Crippen LogP contribution in [0.5, 0.6) is 11.5 Å². The minimum atomic E-state index is -0.485. The van der Waals surface area contributed by atoms with Gasteiger partial charge in [0.2, 0.25) is 0 Å². The van der Waals surface area contributed by atoms with Gasteiger partial charge in [0.25, 0.3) is 0 Å². The predicted molar refractivity (Wildman–Crippen MR) is 139 cm³/mol. The normalized spacial score (nSPS) is 12.1. The monoisotopic (exact) mass is 485 g/mol. The Bertz CT molecular complexity index is 1600. The lowest BCUT2D eigenvalue weighted by Crippen LogP contribution is -2.19. The minimum absolute atomic E-state index is 0.0576. The summed E-state index contributed by atoms with van der Waals surface area (Å²) in [6, 6.07) is 22.7. The van der Waals surface area contributed by atoms with Crippen molar-refractivity contribution in [3.63, 3.8) is 0 Å². The number of halogens is 1. The van der Waals surface area contributed by atoms with E-state index in [1.165, 1.54) is 13.2 Å². The summed E-state index contributed by atoms with van der Waals surface area (Å²) in [4.78, 5) is 12.3. The molecule has 6 nitrogen and oxygen atoms in total. The number of imidazole rings is 1. The van der Waals surface area contributed by atoms with Gasteiger partial charge in [-0.2, -0.15) is 0 Å². The third-order valence-electron chi connectivity index (χ3n) is 6.73. The van der Waals surface area contributed by atoms with Crippen LogP contribution >= 0.6 is 0 Å². The van der Waals surface area contributed by atoms with Gasteiger partial charge in [0.1, 0.15) is 6.61 Å². The van der Waals surface area contributed by atoms with Crippen molar-refractivity contribution in [2.24, 2.45) is 14.1 Å². The van der Waals surface area contributed by atoms with Crippen LogP contribution in [0.3, 0.4) is 0 Å². The summed E-state index contributed by atoms with van der Waals surface area (Å²) in [5.41, 5.74) is 5.19. The first-order valence-corrected chi connectivity index (χ1v) is 11.8. The standard InChI is InChI=1S/C29H28FN3O3/c1-19(21-12-13-25-26(16-21)32(3)29(34)31(25)2)33-14-8-11-24(33)22-15-23(30)28(27(17-22)35-4)36-18-20-9-6-5-7-10-20/h5-17,19H,18H2,1-4H3. The Morgan fingerprint density at radius 3 is 2.42 bits per heavy atom. The molecule has 0 saturated carbocycles. The van der Waals surface area contributed by atoms with Crippen LogP contribution < -0.4 is 15.2 Å². The molecule has 0 radical (unpaired) electrons. The lowest BCUT2D eigenvalue weighted by Gasteiger charge is -2.20. The van der Waals surface area contributed by atoms with Crippen LogP contribution in [-0.2, 0) is 20.7 Å². The van der Waals surface area contributed by atoms with E-state index in [1.54, 1.807) is 29.3 Å². The number of rotatable bonds is 7. The van der Waals surface area contributed by atoms with E-state index in [2.05, 4.69) is 11.5 Å². The van der Waals surface area contributed by atoms with Gasteiger partial charge in [0, 0.05) is 31.5 Å².